The van der Waals surface area contributed by atoms with Gasteiger partial charge in [0.25, 0.3) is 0 Å². The molecule has 1 heterocycles. The highest BCUT2D eigenvalue weighted by Crippen LogP contribution is 2.48. The second kappa shape index (κ2) is 5.01. The van der Waals surface area contributed by atoms with Crippen molar-refractivity contribution in [2.45, 2.75) is 18.5 Å². The number of alkyl halides is 9. The predicted octanol–water partition coefficient (Wildman–Crippen LogP) is 3.27. The summed E-state index contributed by atoms with van der Waals surface area (Å²) in [6, 6.07) is -0.315. The molecule has 1 aromatic carbocycles. The SMILES string of the molecule is O=c1[nH]c2cc(C(F)(F)F)c(C(F)(F)F)c(C(F)(F)F)c2[nH]c1=O. The van der Waals surface area contributed by atoms with Gasteiger partial charge in [-0.25, -0.2) is 0 Å². The van der Waals surface area contributed by atoms with Crippen molar-refractivity contribution >= 4 is 11.0 Å². The van der Waals surface area contributed by atoms with E-state index in [0.717, 1.165) is 0 Å². The summed E-state index contributed by atoms with van der Waals surface area (Å²) in [5.41, 5.74) is -14.6. The number of halogens is 9. The van der Waals surface area contributed by atoms with Crippen molar-refractivity contribution in [1.29, 1.82) is 0 Å². The van der Waals surface area contributed by atoms with Crippen LogP contribution in [0.25, 0.3) is 11.0 Å². The highest BCUT2D eigenvalue weighted by molar-refractivity contribution is 5.81. The molecule has 0 radical (unpaired) electrons. The molecule has 0 fully saturated rings. The number of aromatic nitrogens is 2. The van der Waals surface area contributed by atoms with Gasteiger partial charge in [-0.2, -0.15) is 39.5 Å². The van der Waals surface area contributed by atoms with E-state index in [1.54, 1.807) is 0 Å². The van der Waals surface area contributed by atoms with Crippen LogP contribution in [0.15, 0.2) is 15.7 Å². The minimum atomic E-state index is -6.03. The molecule has 0 unspecified atom stereocenters. The highest BCUT2D eigenvalue weighted by atomic mass is 19.4. The maximum Gasteiger partial charge on any atom is 0.419 e. The van der Waals surface area contributed by atoms with E-state index in [-0.39, 0.29) is 6.07 Å². The van der Waals surface area contributed by atoms with Crippen LogP contribution in [0.1, 0.15) is 16.7 Å². The molecule has 0 aliphatic heterocycles. The van der Waals surface area contributed by atoms with Gasteiger partial charge in [0.2, 0.25) is 0 Å². The van der Waals surface area contributed by atoms with Gasteiger partial charge in [-0.15, -0.1) is 0 Å². The number of H-pyrrole nitrogens is 2. The van der Waals surface area contributed by atoms with E-state index in [9.17, 15) is 49.1 Å². The summed E-state index contributed by atoms with van der Waals surface area (Å²) >= 11 is 0. The first-order valence-corrected chi connectivity index (χ1v) is 5.69. The summed E-state index contributed by atoms with van der Waals surface area (Å²) in [4.78, 5) is 24.8. The first kappa shape index (κ1) is 17.9. The average molecular weight is 366 g/mol. The van der Waals surface area contributed by atoms with Gasteiger partial charge in [0.1, 0.15) is 0 Å². The van der Waals surface area contributed by atoms with Crippen molar-refractivity contribution in [2.24, 2.45) is 0 Å². The van der Waals surface area contributed by atoms with Crippen LogP contribution in [0, 0.1) is 0 Å². The van der Waals surface area contributed by atoms with E-state index in [1.807, 2.05) is 0 Å². The summed E-state index contributed by atoms with van der Waals surface area (Å²) in [5, 5.41) is 0. The van der Waals surface area contributed by atoms with Crippen LogP contribution in [-0.4, -0.2) is 9.97 Å². The third-order valence-electron chi connectivity index (χ3n) is 2.89. The number of aromatic amines is 2. The van der Waals surface area contributed by atoms with Crippen molar-refractivity contribution in [1.82, 2.24) is 9.97 Å². The first-order valence-electron chi connectivity index (χ1n) is 5.69. The van der Waals surface area contributed by atoms with E-state index < -0.39 is 57.4 Å². The van der Waals surface area contributed by atoms with Crippen molar-refractivity contribution < 1.29 is 39.5 Å². The molecular weight excluding hydrogens is 363 g/mol. The standard InChI is InChI=1S/C11H3F9N2O2/c12-9(13,14)2-1-3-6(22-8(24)7(23)21-3)5(11(18,19)20)4(2)10(15,16)17/h1H,(H,21,23)(H,22,24). The molecule has 0 spiro atoms. The van der Waals surface area contributed by atoms with Gasteiger partial charge < -0.3 is 9.97 Å². The van der Waals surface area contributed by atoms with Crippen LogP contribution >= 0.6 is 0 Å². The monoisotopic (exact) mass is 366 g/mol. The summed E-state index contributed by atoms with van der Waals surface area (Å²) in [6.07, 6.45) is -17.7. The lowest BCUT2D eigenvalue weighted by atomic mass is 9.97. The van der Waals surface area contributed by atoms with Crippen molar-refractivity contribution in [2.75, 3.05) is 0 Å². The van der Waals surface area contributed by atoms with Crippen LogP contribution < -0.4 is 11.1 Å². The molecule has 2 N–H and O–H groups in total. The summed E-state index contributed by atoms with van der Waals surface area (Å²) < 4.78 is 116. The number of benzene rings is 1. The normalized spacial score (nSPS) is 13.5. The molecule has 0 atom stereocenters. The Balaban J connectivity index is 3.22. The molecule has 0 amide bonds. The Labute approximate surface area is 123 Å². The number of fused-ring (bicyclic) bond motifs is 1. The van der Waals surface area contributed by atoms with Crippen molar-refractivity contribution in [3.63, 3.8) is 0 Å². The second-order valence-corrected chi connectivity index (χ2v) is 4.50. The zero-order chi connectivity index (χ0) is 18.7. The molecule has 2 aromatic rings. The Morgan fingerprint density at radius 3 is 1.54 bits per heavy atom. The number of nitrogens with one attached hydrogen (secondary N) is 2. The third kappa shape index (κ3) is 2.97. The van der Waals surface area contributed by atoms with Gasteiger partial charge in [-0.3, -0.25) is 9.59 Å². The van der Waals surface area contributed by atoms with Crippen molar-refractivity contribution in [3.8, 4) is 0 Å². The van der Waals surface area contributed by atoms with Gasteiger partial charge in [0.15, 0.2) is 0 Å². The Kier molecular flexibility index (Phi) is 3.73. The molecule has 0 saturated heterocycles. The maximum atomic E-state index is 13.0. The number of hydrogen-bond acceptors (Lipinski definition) is 2. The van der Waals surface area contributed by atoms with E-state index in [2.05, 4.69) is 0 Å². The molecular formula is C11H3F9N2O2. The lowest BCUT2D eigenvalue weighted by molar-refractivity contribution is -0.174. The fraction of sp³-hybridized carbons (Fsp3) is 0.273. The van der Waals surface area contributed by atoms with E-state index >= 15 is 0 Å². The molecule has 2 rings (SSSR count). The fourth-order valence-electron chi connectivity index (χ4n) is 2.06. The minimum absolute atomic E-state index is 0.315. The van der Waals surface area contributed by atoms with Gasteiger partial charge >= 0.3 is 29.6 Å². The maximum absolute atomic E-state index is 13.0. The summed E-state index contributed by atoms with van der Waals surface area (Å²) in [6.45, 7) is 0. The Morgan fingerprint density at radius 1 is 0.667 bits per heavy atom. The molecule has 0 saturated carbocycles. The lowest BCUT2D eigenvalue weighted by Crippen LogP contribution is -2.31. The molecule has 13 heteroatoms. The zero-order valence-corrected chi connectivity index (χ0v) is 10.8. The van der Waals surface area contributed by atoms with Crippen LogP contribution in [0.3, 0.4) is 0 Å². The number of rotatable bonds is 0. The van der Waals surface area contributed by atoms with Crippen molar-refractivity contribution in [3.05, 3.63) is 43.5 Å². The molecule has 24 heavy (non-hydrogen) atoms. The summed E-state index contributed by atoms with van der Waals surface area (Å²) in [7, 11) is 0. The lowest BCUT2D eigenvalue weighted by Gasteiger charge is -2.22. The van der Waals surface area contributed by atoms with E-state index in [0.29, 0.717) is 0 Å². The topological polar surface area (TPSA) is 65.7 Å². The largest absolute Gasteiger partial charge is 0.419 e. The molecule has 132 valence electrons. The molecule has 0 aliphatic carbocycles. The Bertz CT molecular complexity index is 915. The average Bonchev–Trinajstić information content (AvgIpc) is 2.34. The van der Waals surface area contributed by atoms with Crippen LogP contribution in [-0.2, 0) is 18.5 Å². The number of hydrogen-bond donors (Lipinski definition) is 2. The van der Waals surface area contributed by atoms with Crippen LogP contribution in [0.4, 0.5) is 39.5 Å². The molecule has 0 aliphatic rings. The van der Waals surface area contributed by atoms with Crippen LogP contribution in [0.5, 0.6) is 0 Å². The van der Waals surface area contributed by atoms with Gasteiger partial charge in [-0.1, -0.05) is 0 Å². The zero-order valence-electron chi connectivity index (χ0n) is 10.8. The molecule has 4 nitrogen and oxygen atoms in total. The van der Waals surface area contributed by atoms with Gasteiger partial charge in [0.05, 0.1) is 27.7 Å². The third-order valence-corrected chi connectivity index (χ3v) is 2.89. The summed E-state index contributed by atoms with van der Waals surface area (Å²) in [5.74, 6) is 0. The molecule has 0 bridgehead atoms. The predicted molar refractivity (Wildman–Crippen MR) is 60.2 cm³/mol. The Morgan fingerprint density at radius 2 is 1.12 bits per heavy atom. The van der Waals surface area contributed by atoms with Gasteiger partial charge in [0, 0.05) is 0 Å². The molecule has 1 aromatic heterocycles. The van der Waals surface area contributed by atoms with Crippen LogP contribution in [0.2, 0.25) is 0 Å². The minimum Gasteiger partial charge on any atom is -0.316 e. The smallest absolute Gasteiger partial charge is 0.316 e. The highest BCUT2D eigenvalue weighted by Gasteiger charge is 2.51. The first-order chi connectivity index (χ1) is 10.6. The van der Waals surface area contributed by atoms with Gasteiger partial charge in [-0.05, 0) is 6.07 Å². The Hall–Kier alpha value is -2.47. The fourth-order valence-corrected chi connectivity index (χ4v) is 2.06. The van der Waals surface area contributed by atoms with E-state index in [4.69, 9.17) is 0 Å². The quantitative estimate of drug-likeness (QED) is 0.555. The second-order valence-electron chi connectivity index (χ2n) is 4.50. The van der Waals surface area contributed by atoms with E-state index in [1.165, 1.54) is 9.97 Å².